The van der Waals surface area contributed by atoms with Gasteiger partial charge in [0.25, 0.3) is 0 Å². The van der Waals surface area contributed by atoms with Crippen LogP contribution in [0.1, 0.15) is 11.3 Å². The zero-order chi connectivity index (χ0) is 17.1. The Kier molecular flexibility index (Phi) is 4.70. The molecule has 0 aliphatic rings. The SMILES string of the molecule is [Al][S]c1c(Cc2ccccc2)nn(-c2ccccc2)c1-n1cncn1. The maximum absolute atomic E-state index is 4.90. The third-order valence-electron chi connectivity index (χ3n) is 3.86. The first-order valence-corrected chi connectivity index (χ1v) is 10.1. The van der Waals surface area contributed by atoms with Crippen molar-refractivity contribution in [2.24, 2.45) is 0 Å². The van der Waals surface area contributed by atoms with Crippen molar-refractivity contribution in [3.8, 4) is 11.5 Å². The Morgan fingerprint density at radius 1 is 0.960 bits per heavy atom. The van der Waals surface area contributed by atoms with E-state index in [9.17, 15) is 0 Å². The van der Waals surface area contributed by atoms with Crippen molar-refractivity contribution in [2.75, 3.05) is 0 Å². The van der Waals surface area contributed by atoms with Gasteiger partial charge in [0, 0.05) is 6.42 Å². The van der Waals surface area contributed by atoms with E-state index in [0.29, 0.717) is 0 Å². The largest absolute Gasteiger partial charge is 0.249 e. The monoisotopic (exact) mass is 359 g/mol. The van der Waals surface area contributed by atoms with Gasteiger partial charge < -0.3 is 0 Å². The van der Waals surface area contributed by atoms with Gasteiger partial charge in [0.2, 0.25) is 15.2 Å². The molecule has 0 saturated heterocycles. The fourth-order valence-electron chi connectivity index (χ4n) is 2.73. The number of benzene rings is 2. The smallest absolute Gasteiger partial charge is 0.241 e. The molecule has 2 aromatic heterocycles. The highest BCUT2D eigenvalue weighted by atomic mass is 32.3. The van der Waals surface area contributed by atoms with E-state index in [2.05, 4.69) is 49.5 Å². The summed E-state index contributed by atoms with van der Waals surface area (Å²) in [4.78, 5) is 5.17. The van der Waals surface area contributed by atoms with E-state index in [1.807, 2.05) is 41.1 Å². The summed E-state index contributed by atoms with van der Waals surface area (Å²) in [5.74, 6) is 0.898. The first-order valence-electron chi connectivity index (χ1n) is 7.80. The van der Waals surface area contributed by atoms with Gasteiger partial charge in [-0.25, -0.2) is 24.5 Å². The molecule has 0 bridgehead atoms. The number of aromatic nitrogens is 5. The van der Waals surface area contributed by atoms with Crippen LogP contribution in [-0.4, -0.2) is 39.7 Å². The molecule has 0 aliphatic heterocycles. The Morgan fingerprint density at radius 2 is 1.68 bits per heavy atom. The van der Waals surface area contributed by atoms with Crippen LogP contribution in [0.5, 0.6) is 0 Å². The lowest BCUT2D eigenvalue weighted by Crippen LogP contribution is -2.06. The first kappa shape index (κ1) is 16.2. The van der Waals surface area contributed by atoms with Crippen LogP contribution in [0.2, 0.25) is 0 Å². The molecule has 4 aromatic rings. The second kappa shape index (κ2) is 7.28. The average Bonchev–Trinajstić information content (AvgIpc) is 3.30. The van der Waals surface area contributed by atoms with Crippen LogP contribution in [0.3, 0.4) is 0 Å². The van der Waals surface area contributed by atoms with Crippen LogP contribution in [0.4, 0.5) is 0 Å². The zero-order valence-corrected chi connectivity index (χ0v) is 15.3. The minimum Gasteiger partial charge on any atom is -0.249 e. The molecule has 7 heteroatoms. The van der Waals surface area contributed by atoms with Gasteiger partial charge in [-0.1, -0.05) is 48.5 Å². The lowest BCUT2D eigenvalue weighted by molar-refractivity contribution is 0.752. The minimum absolute atomic E-state index is 0.763. The Labute approximate surface area is 157 Å². The first-order chi connectivity index (χ1) is 12.4. The average molecular weight is 359 g/mol. The van der Waals surface area contributed by atoms with Crippen molar-refractivity contribution in [1.82, 2.24) is 24.5 Å². The van der Waals surface area contributed by atoms with Gasteiger partial charge in [0.15, 0.2) is 5.82 Å². The summed E-state index contributed by atoms with van der Waals surface area (Å²) in [6.45, 7) is 0. The minimum atomic E-state index is 0.763. The number of nitrogens with zero attached hydrogens (tertiary/aromatic N) is 5. The van der Waals surface area contributed by atoms with Crippen molar-refractivity contribution >= 4 is 25.3 Å². The third-order valence-corrected chi connectivity index (χ3v) is 5.22. The van der Waals surface area contributed by atoms with Gasteiger partial charge in [0.05, 0.1) is 16.3 Å². The summed E-state index contributed by atoms with van der Waals surface area (Å²) in [7, 11) is 1.60. The molecule has 0 amide bonds. The van der Waals surface area contributed by atoms with E-state index >= 15 is 0 Å². The molecule has 25 heavy (non-hydrogen) atoms. The van der Waals surface area contributed by atoms with Crippen LogP contribution in [-0.2, 0) is 6.42 Å². The highest BCUT2D eigenvalue weighted by Crippen LogP contribution is 2.30. The van der Waals surface area contributed by atoms with E-state index in [0.717, 1.165) is 28.5 Å². The molecule has 120 valence electrons. The molecular weight excluding hydrogens is 345 g/mol. The summed E-state index contributed by atoms with van der Waals surface area (Å²) >= 11 is 2.73. The number of hydrogen-bond donors (Lipinski definition) is 0. The summed E-state index contributed by atoms with van der Waals surface area (Å²) in [6, 6.07) is 20.5. The summed E-state index contributed by atoms with van der Waals surface area (Å²) < 4.78 is 3.69. The molecule has 2 aromatic carbocycles. The lowest BCUT2D eigenvalue weighted by atomic mass is 10.1. The topological polar surface area (TPSA) is 48.5 Å². The van der Waals surface area contributed by atoms with Crippen LogP contribution < -0.4 is 0 Å². The lowest BCUT2D eigenvalue weighted by Gasteiger charge is -2.08. The molecule has 4 rings (SSSR count). The van der Waals surface area contributed by atoms with Crippen LogP contribution in [0.25, 0.3) is 11.5 Å². The van der Waals surface area contributed by atoms with Crippen molar-refractivity contribution in [3.63, 3.8) is 0 Å². The molecule has 0 saturated carbocycles. The van der Waals surface area contributed by atoms with Crippen LogP contribution in [0.15, 0.2) is 78.2 Å². The molecule has 0 spiro atoms. The van der Waals surface area contributed by atoms with E-state index in [1.165, 1.54) is 11.9 Å². The van der Waals surface area contributed by atoms with E-state index in [-0.39, 0.29) is 0 Å². The van der Waals surface area contributed by atoms with E-state index in [1.54, 1.807) is 21.1 Å². The Balaban J connectivity index is 1.88. The van der Waals surface area contributed by atoms with Gasteiger partial charge >= 0.3 is 0 Å². The molecule has 2 radical (unpaired) electrons. The van der Waals surface area contributed by atoms with Crippen molar-refractivity contribution < 1.29 is 0 Å². The number of rotatable bonds is 5. The second-order valence-electron chi connectivity index (χ2n) is 5.47. The number of hydrogen-bond acceptors (Lipinski definition) is 4. The van der Waals surface area contributed by atoms with Gasteiger partial charge in [-0.05, 0) is 17.7 Å². The van der Waals surface area contributed by atoms with Crippen molar-refractivity contribution in [1.29, 1.82) is 0 Å². The highest BCUT2D eigenvalue weighted by molar-refractivity contribution is 8.19. The Hall–Kier alpha value is -2.33. The zero-order valence-electron chi connectivity index (χ0n) is 13.4. The molecule has 0 atom stereocenters. The van der Waals surface area contributed by atoms with Crippen molar-refractivity contribution in [2.45, 2.75) is 11.3 Å². The van der Waals surface area contributed by atoms with Gasteiger partial charge in [-0.2, -0.15) is 10.2 Å². The van der Waals surface area contributed by atoms with Crippen molar-refractivity contribution in [3.05, 3.63) is 84.6 Å². The normalized spacial score (nSPS) is 10.9. The van der Waals surface area contributed by atoms with Gasteiger partial charge in [-0.15, -0.1) is 0 Å². The molecule has 0 unspecified atom stereocenters. The highest BCUT2D eigenvalue weighted by Gasteiger charge is 2.20. The molecule has 5 nitrogen and oxygen atoms in total. The molecule has 0 aliphatic carbocycles. The standard InChI is InChI=1S/C18H15N5S.Al/c24-17-16(11-14-7-3-1-4-8-14)21-23(15-9-5-2-6-10-15)18(17)22-13-19-12-20-22;/h1-10,12-13,24H,11H2;/q;+1/p-1. The van der Waals surface area contributed by atoms with E-state index in [4.69, 9.17) is 5.10 Å². The predicted molar refractivity (Wildman–Crippen MR) is 99.3 cm³/mol. The fourth-order valence-corrected chi connectivity index (χ4v) is 3.99. The van der Waals surface area contributed by atoms with Crippen LogP contribution >= 0.6 is 10.1 Å². The van der Waals surface area contributed by atoms with Gasteiger partial charge in [0.1, 0.15) is 12.7 Å². The van der Waals surface area contributed by atoms with Crippen LogP contribution in [0, 0.1) is 0 Å². The fraction of sp³-hybridized carbons (Fsp3) is 0.0556. The maximum Gasteiger partial charge on any atom is 0.241 e. The molecular formula is C18H14AlN5S. The number of para-hydroxylation sites is 1. The third kappa shape index (κ3) is 3.27. The Bertz CT molecular complexity index is 952. The maximum atomic E-state index is 4.90. The van der Waals surface area contributed by atoms with E-state index < -0.39 is 0 Å². The quantitative estimate of drug-likeness (QED) is 0.514. The summed E-state index contributed by atoms with van der Waals surface area (Å²) in [5, 5.41) is 9.22. The molecule has 2 heterocycles. The summed E-state index contributed by atoms with van der Waals surface area (Å²) in [5.41, 5.74) is 3.24. The molecule has 0 fully saturated rings. The summed E-state index contributed by atoms with van der Waals surface area (Å²) in [6.07, 6.45) is 4.00. The Morgan fingerprint density at radius 3 is 2.32 bits per heavy atom. The predicted octanol–water partition coefficient (Wildman–Crippen LogP) is 3.22. The molecule has 0 N–H and O–H groups in total. The second-order valence-corrected chi connectivity index (χ2v) is 6.82. The van der Waals surface area contributed by atoms with Gasteiger partial charge in [-0.3, -0.25) is 0 Å².